The molecule has 0 unspecified atom stereocenters. The molecule has 4 heteroatoms. The summed E-state index contributed by atoms with van der Waals surface area (Å²) in [7, 11) is 0. The Morgan fingerprint density at radius 2 is 1.86 bits per heavy atom. The summed E-state index contributed by atoms with van der Waals surface area (Å²) in [5.41, 5.74) is 1.17. The van der Waals surface area contributed by atoms with Crippen molar-refractivity contribution in [3.05, 3.63) is 64.4 Å². The summed E-state index contributed by atoms with van der Waals surface area (Å²) in [4.78, 5) is 14.5. The molecule has 0 spiro atoms. The van der Waals surface area contributed by atoms with Gasteiger partial charge in [-0.15, -0.1) is 0 Å². The number of unbranched alkanes of at least 4 members (excludes halogenated alkanes) is 1. The molecule has 2 rings (SSSR count). The topological polar surface area (TPSA) is 20.3 Å². The summed E-state index contributed by atoms with van der Waals surface area (Å²) >= 11 is 3.17. The van der Waals surface area contributed by atoms with Crippen LogP contribution < -0.4 is 4.90 Å². The molecule has 0 N–H and O–H groups in total. The van der Waals surface area contributed by atoms with Gasteiger partial charge < -0.3 is 4.90 Å². The lowest BCUT2D eigenvalue weighted by Crippen LogP contribution is -2.32. The molecule has 0 heterocycles. The largest absolute Gasteiger partial charge is 0.308 e. The van der Waals surface area contributed by atoms with Crippen molar-refractivity contribution < 1.29 is 9.18 Å². The maximum atomic E-state index is 13.6. The van der Waals surface area contributed by atoms with Crippen LogP contribution in [0.3, 0.4) is 0 Å². The number of carbonyl (C=O) groups is 1. The van der Waals surface area contributed by atoms with E-state index in [2.05, 4.69) is 22.9 Å². The number of anilines is 1. The maximum absolute atomic E-state index is 13.6. The molecule has 0 saturated carbocycles. The van der Waals surface area contributed by atoms with Gasteiger partial charge in [-0.2, -0.15) is 0 Å². The second-order valence-electron chi connectivity index (χ2n) is 4.75. The first-order valence-corrected chi connectivity index (χ1v) is 7.75. The molecule has 0 aliphatic carbocycles. The van der Waals surface area contributed by atoms with Crippen molar-refractivity contribution in [2.24, 2.45) is 0 Å². The lowest BCUT2D eigenvalue weighted by Gasteiger charge is -2.23. The normalized spacial score (nSPS) is 10.4. The predicted octanol–water partition coefficient (Wildman–Crippen LogP) is 5.04. The van der Waals surface area contributed by atoms with Crippen LogP contribution in [0.25, 0.3) is 0 Å². The van der Waals surface area contributed by atoms with Crippen molar-refractivity contribution in [3.63, 3.8) is 0 Å². The van der Waals surface area contributed by atoms with Crippen LogP contribution >= 0.6 is 15.9 Å². The minimum Gasteiger partial charge on any atom is -0.308 e. The average molecular weight is 350 g/mol. The zero-order valence-electron chi connectivity index (χ0n) is 11.9. The summed E-state index contributed by atoms with van der Waals surface area (Å²) in [5.74, 6) is -0.620. The standard InChI is InChI=1S/C17H17BrFNO/c1-2-3-12-20(13-8-5-4-6-9-13)17(21)14-10-7-11-15(19)16(14)18/h4-11H,2-3,12H2,1H3. The fourth-order valence-corrected chi connectivity index (χ4v) is 2.52. The smallest absolute Gasteiger partial charge is 0.259 e. The lowest BCUT2D eigenvalue weighted by atomic mass is 10.1. The van der Waals surface area contributed by atoms with Crippen LogP contribution in [0.15, 0.2) is 53.0 Å². The van der Waals surface area contributed by atoms with E-state index in [0.29, 0.717) is 12.1 Å². The van der Waals surface area contributed by atoms with Gasteiger partial charge >= 0.3 is 0 Å². The van der Waals surface area contributed by atoms with Gasteiger partial charge in [0.1, 0.15) is 5.82 Å². The summed E-state index contributed by atoms with van der Waals surface area (Å²) in [6.45, 7) is 2.69. The summed E-state index contributed by atoms with van der Waals surface area (Å²) in [6, 6.07) is 14.0. The molecule has 21 heavy (non-hydrogen) atoms. The fraction of sp³-hybridized carbons (Fsp3) is 0.235. The van der Waals surface area contributed by atoms with Crippen molar-refractivity contribution in [3.8, 4) is 0 Å². The highest BCUT2D eigenvalue weighted by Gasteiger charge is 2.20. The molecule has 2 aromatic rings. The predicted molar refractivity (Wildman–Crippen MR) is 87.1 cm³/mol. The molecule has 0 fully saturated rings. The molecule has 0 radical (unpaired) electrons. The molecule has 0 atom stereocenters. The Balaban J connectivity index is 2.36. The molecule has 0 aliphatic heterocycles. The average Bonchev–Trinajstić information content (AvgIpc) is 2.51. The number of halogens is 2. The minimum atomic E-state index is -0.427. The third-order valence-corrected chi connectivity index (χ3v) is 4.04. The third kappa shape index (κ3) is 3.70. The number of hydrogen-bond acceptors (Lipinski definition) is 1. The molecule has 2 aromatic carbocycles. The quantitative estimate of drug-likeness (QED) is 0.740. The molecular weight excluding hydrogens is 333 g/mol. The van der Waals surface area contributed by atoms with Crippen LogP contribution in [-0.4, -0.2) is 12.5 Å². The van der Waals surface area contributed by atoms with Gasteiger partial charge in [0.25, 0.3) is 5.91 Å². The second-order valence-corrected chi connectivity index (χ2v) is 5.54. The molecule has 0 bridgehead atoms. The molecule has 0 aliphatic rings. The summed E-state index contributed by atoms with van der Waals surface area (Å²) in [5, 5.41) is 0. The molecule has 110 valence electrons. The number of rotatable bonds is 5. The van der Waals surface area contributed by atoms with Crippen molar-refractivity contribution >= 4 is 27.5 Å². The van der Waals surface area contributed by atoms with E-state index >= 15 is 0 Å². The van der Waals surface area contributed by atoms with E-state index in [1.54, 1.807) is 17.0 Å². The number of para-hydroxylation sites is 1. The van der Waals surface area contributed by atoms with E-state index in [1.165, 1.54) is 6.07 Å². The van der Waals surface area contributed by atoms with Crippen LogP contribution in [0.4, 0.5) is 10.1 Å². The van der Waals surface area contributed by atoms with Crippen molar-refractivity contribution in [1.82, 2.24) is 0 Å². The first-order valence-electron chi connectivity index (χ1n) is 6.96. The van der Waals surface area contributed by atoms with E-state index in [4.69, 9.17) is 0 Å². The van der Waals surface area contributed by atoms with Gasteiger partial charge in [0.15, 0.2) is 0 Å². The lowest BCUT2D eigenvalue weighted by molar-refractivity contribution is 0.0985. The number of nitrogens with zero attached hydrogens (tertiary/aromatic N) is 1. The Bertz CT molecular complexity index is 615. The van der Waals surface area contributed by atoms with Crippen LogP contribution in [0, 0.1) is 5.82 Å². The van der Waals surface area contributed by atoms with Crippen molar-refractivity contribution in [2.75, 3.05) is 11.4 Å². The molecule has 2 nitrogen and oxygen atoms in total. The van der Waals surface area contributed by atoms with Gasteiger partial charge in [0, 0.05) is 12.2 Å². The molecule has 0 saturated heterocycles. The maximum Gasteiger partial charge on any atom is 0.259 e. The van der Waals surface area contributed by atoms with Gasteiger partial charge in [-0.25, -0.2) is 4.39 Å². The number of benzene rings is 2. The number of hydrogen-bond donors (Lipinski definition) is 0. The van der Waals surface area contributed by atoms with E-state index < -0.39 is 5.82 Å². The summed E-state index contributed by atoms with van der Waals surface area (Å²) < 4.78 is 13.9. The van der Waals surface area contributed by atoms with Crippen molar-refractivity contribution in [2.45, 2.75) is 19.8 Å². The highest BCUT2D eigenvalue weighted by molar-refractivity contribution is 9.10. The first kappa shape index (κ1) is 15.7. The zero-order valence-corrected chi connectivity index (χ0v) is 13.4. The van der Waals surface area contributed by atoms with E-state index in [1.807, 2.05) is 30.3 Å². The first-order chi connectivity index (χ1) is 10.1. The van der Waals surface area contributed by atoms with Crippen LogP contribution in [0.2, 0.25) is 0 Å². The zero-order chi connectivity index (χ0) is 15.2. The Hall–Kier alpha value is -1.68. The second kappa shape index (κ2) is 7.36. The number of amides is 1. The highest BCUT2D eigenvalue weighted by atomic mass is 79.9. The highest BCUT2D eigenvalue weighted by Crippen LogP contribution is 2.24. The Morgan fingerprint density at radius 3 is 2.52 bits per heavy atom. The van der Waals surface area contributed by atoms with Gasteiger partial charge in [-0.1, -0.05) is 37.6 Å². The van der Waals surface area contributed by atoms with Crippen LogP contribution in [-0.2, 0) is 0 Å². The minimum absolute atomic E-state index is 0.193. The Kier molecular flexibility index (Phi) is 5.51. The van der Waals surface area contributed by atoms with E-state index in [-0.39, 0.29) is 10.4 Å². The summed E-state index contributed by atoms with van der Waals surface area (Å²) in [6.07, 6.45) is 1.88. The monoisotopic (exact) mass is 349 g/mol. The Morgan fingerprint density at radius 1 is 1.14 bits per heavy atom. The molecule has 1 amide bonds. The molecular formula is C17H17BrFNO. The van der Waals surface area contributed by atoms with E-state index in [0.717, 1.165) is 18.5 Å². The van der Waals surface area contributed by atoms with Crippen LogP contribution in [0.1, 0.15) is 30.1 Å². The van der Waals surface area contributed by atoms with Crippen molar-refractivity contribution in [1.29, 1.82) is 0 Å². The fourth-order valence-electron chi connectivity index (χ4n) is 2.09. The van der Waals surface area contributed by atoms with E-state index in [9.17, 15) is 9.18 Å². The number of carbonyl (C=O) groups excluding carboxylic acids is 1. The van der Waals surface area contributed by atoms with Crippen LogP contribution in [0.5, 0.6) is 0 Å². The van der Waals surface area contributed by atoms with Gasteiger partial charge in [0.05, 0.1) is 10.0 Å². The third-order valence-electron chi connectivity index (χ3n) is 3.23. The molecule has 0 aromatic heterocycles. The SMILES string of the molecule is CCCCN(C(=O)c1cccc(F)c1Br)c1ccccc1. The van der Waals surface area contributed by atoms with Gasteiger partial charge in [-0.3, -0.25) is 4.79 Å². The van der Waals surface area contributed by atoms with Gasteiger partial charge in [-0.05, 0) is 46.6 Å². The Labute approximate surface area is 132 Å². The van der Waals surface area contributed by atoms with Gasteiger partial charge in [0.2, 0.25) is 0 Å².